The highest BCUT2D eigenvalue weighted by atomic mass is 32.2. The molecule has 0 aliphatic carbocycles. The number of methoxy groups -OCH3 is 1. The highest BCUT2D eigenvalue weighted by Crippen LogP contribution is 2.29. The van der Waals surface area contributed by atoms with Gasteiger partial charge in [0.15, 0.2) is 0 Å². The molecule has 0 radical (unpaired) electrons. The van der Waals surface area contributed by atoms with E-state index in [1.54, 1.807) is 13.8 Å². The molecule has 1 N–H and O–H groups in total. The Morgan fingerprint density at radius 1 is 1.30 bits per heavy atom. The van der Waals surface area contributed by atoms with Crippen LogP contribution < -0.4 is 10.1 Å². The number of carbonyl (C=O) groups excluding carboxylic acids is 2. The summed E-state index contributed by atoms with van der Waals surface area (Å²) in [5, 5.41) is 7.72. The molecule has 9 nitrogen and oxygen atoms in total. The lowest BCUT2D eigenvalue weighted by Crippen LogP contribution is -2.34. The summed E-state index contributed by atoms with van der Waals surface area (Å²) >= 11 is 0. The molecule has 27 heavy (non-hydrogen) atoms. The van der Waals surface area contributed by atoms with E-state index >= 15 is 0 Å². The Hall–Kier alpha value is -2.46. The van der Waals surface area contributed by atoms with Crippen molar-refractivity contribution in [3.05, 3.63) is 18.2 Å². The molecule has 0 unspecified atom stereocenters. The summed E-state index contributed by atoms with van der Waals surface area (Å²) in [6, 6.07) is 4.29. The van der Waals surface area contributed by atoms with Crippen molar-refractivity contribution in [3.63, 3.8) is 0 Å². The maximum absolute atomic E-state index is 12.7. The molecule has 0 bridgehead atoms. The molecule has 10 heteroatoms. The number of ether oxygens (including phenoxy) is 1. The Balaban J connectivity index is 2.35. The third kappa shape index (κ3) is 4.45. The van der Waals surface area contributed by atoms with Gasteiger partial charge in [0.25, 0.3) is 5.91 Å². The molecule has 2 rings (SSSR count). The smallest absolute Gasteiger partial charge is 0.271 e. The van der Waals surface area contributed by atoms with Crippen molar-refractivity contribution in [1.82, 2.24) is 9.31 Å². The fraction of sp³-hybridized carbons (Fsp3) is 0.471. The van der Waals surface area contributed by atoms with E-state index in [9.17, 15) is 18.0 Å². The van der Waals surface area contributed by atoms with E-state index in [4.69, 9.17) is 4.74 Å². The van der Waals surface area contributed by atoms with Gasteiger partial charge in [0, 0.05) is 33.0 Å². The Labute approximate surface area is 159 Å². The number of hydrazone groups is 1. The molecule has 0 saturated carbocycles. The van der Waals surface area contributed by atoms with Crippen LogP contribution in [0.15, 0.2) is 28.2 Å². The predicted octanol–water partition coefficient (Wildman–Crippen LogP) is 1.27. The monoisotopic (exact) mass is 396 g/mol. The van der Waals surface area contributed by atoms with Gasteiger partial charge in [-0.1, -0.05) is 13.8 Å². The number of rotatable bonds is 7. The number of sulfonamides is 1. The quantitative estimate of drug-likeness (QED) is 0.747. The molecule has 1 aromatic rings. The summed E-state index contributed by atoms with van der Waals surface area (Å²) in [5.41, 5.74) is 0.411. The maximum Gasteiger partial charge on any atom is 0.271 e. The predicted molar refractivity (Wildman–Crippen MR) is 101 cm³/mol. The number of amides is 2. The van der Waals surface area contributed by atoms with Crippen LogP contribution in [-0.2, 0) is 19.6 Å². The van der Waals surface area contributed by atoms with Gasteiger partial charge in [-0.2, -0.15) is 9.41 Å². The zero-order valence-electron chi connectivity index (χ0n) is 15.9. The number of anilines is 1. The molecule has 2 amide bonds. The standard InChI is InChI=1S/C17H24N4O5S/c1-5-21(6-2)27(24,25)12-7-9-15(26-4)14(11-12)18-17(23)13-8-10-16(22)20(3)19-13/h7,9,11H,5-6,8,10H2,1-4H3,(H,18,23). The van der Waals surface area contributed by atoms with Gasteiger partial charge in [0.1, 0.15) is 11.5 Å². The van der Waals surface area contributed by atoms with Gasteiger partial charge >= 0.3 is 0 Å². The maximum atomic E-state index is 12.7. The number of benzene rings is 1. The first-order valence-electron chi connectivity index (χ1n) is 8.58. The number of hydrogen-bond acceptors (Lipinski definition) is 6. The summed E-state index contributed by atoms with van der Waals surface area (Å²) in [5.74, 6) is -0.357. The van der Waals surface area contributed by atoms with Crippen LogP contribution in [0, 0.1) is 0 Å². The molecule has 0 spiro atoms. The summed E-state index contributed by atoms with van der Waals surface area (Å²) in [6.07, 6.45) is 0.408. The minimum atomic E-state index is -3.68. The molecular formula is C17H24N4O5S. The van der Waals surface area contributed by atoms with E-state index in [0.29, 0.717) is 18.8 Å². The second kappa shape index (κ2) is 8.49. The van der Waals surface area contributed by atoms with Crippen LogP contribution in [0.25, 0.3) is 0 Å². The average molecular weight is 396 g/mol. The summed E-state index contributed by atoms with van der Waals surface area (Å²) < 4.78 is 32.0. The van der Waals surface area contributed by atoms with E-state index in [1.807, 2.05) is 0 Å². The fourth-order valence-corrected chi connectivity index (χ4v) is 4.17. The van der Waals surface area contributed by atoms with Crippen LogP contribution in [0.4, 0.5) is 5.69 Å². The van der Waals surface area contributed by atoms with E-state index in [-0.39, 0.29) is 35.0 Å². The van der Waals surface area contributed by atoms with Gasteiger partial charge in [-0.25, -0.2) is 13.4 Å². The fourth-order valence-electron chi connectivity index (χ4n) is 2.69. The lowest BCUT2D eigenvalue weighted by atomic mass is 10.1. The summed E-state index contributed by atoms with van der Waals surface area (Å²) in [7, 11) is -0.779. The van der Waals surface area contributed by atoms with Crippen LogP contribution in [0.1, 0.15) is 26.7 Å². The van der Waals surface area contributed by atoms with Crippen molar-refractivity contribution in [2.24, 2.45) is 5.10 Å². The van der Waals surface area contributed by atoms with Crippen LogP contribution in [0.2, 0.25) is 0 Å². The number of nitrogens with zero attached hydrogens (tertiary/aromatic N) is 3. The van der Waals surface area contributed by atoms with Crippen molar-refractivity contribution < 1.29 is 22.7 Å². The van der Waals surface area contributed by atoms with Gasteiger partial charge in [-0.3, -0.25) is 9.59 Å². The van der Waals surface area contributed by atoms with Crippen molar-refractivity contribution >= 4 is 33.2 Å². The second-order valence-electron chi connectivity index (χ2n) is 5.87. The Bertz CT molecular complexity index is 862. The summed E-state index contributed by atoms with van der Waals surface area (Å²) in [6.45, 7) is 4.19. The van der Waals surface area contributed by atoms with Gasteiger partial charge in [-0.15, -0.1) is 0 Å². The van der Waals surface area contributed by atoms with E-state index < -0.39 is 15.9 Å². The number of carbonyl (C=O) groups is 2. The molecule has 0 fully saturated rings. The Kier molecular flexibility index (Phi) is 6.55. The van der Waals surface area contributed by atoms with Gasteiger partial charge < -0.3 is 10.1 Å². The van der Waals surface area contributed by atoms with Gasteiger partial charge in [0.2, 0.25) is 15.9 Å². The Morgan fingerprint density at radius 3 is 2.52 bits per heavy atom. The highest BCUT2D eigenvalue weighted by molar-refractivity contribution is 7.89. The van der Waals surface area contributed by atoms with E-state index in [0.717, 1.165) is 5.01 Å². The van der Waals surface area contributed by atoms with Crippen LogP contribution >= 0.6 is 0 Å². The third-order valence-electron chi connectivity index (χ3n) is 4.23. The van der Waals surface area contributed by atoms with Crippen molar-refractivity contribution in [1.29, 1.82) is 0 Å². The van der Waals surface area contributed by atoms with E-state index in [1.165, 1.54) is 36.7 Å². The van der Waals surface area contributed by atoms with Crippen LogP contribution in [0.3, 0.4) is 0 Å². The average Bonchev–Trinajstić information content (AvgIpc) is 2.64. The van der Waals surface area contributed by atoms with Crippen LogP contribution in [0.5, 0.6) is 5.75 Å². The normalized spacial score (nSPS) is 14.9. The highest BCUT2D eigenvalue weighted by Gasteiger charge is 2.25. The second-order valence-corrected chi connectivity index (χ2v) is 7.81. The molecule has 0 saturated heterocycles. The lowest BCUT2D eigenvalue weighted by molar-refractivity contribution is -0.130. The van der Waals surface area contributed by atoms with Crippen molar-refractivity contribution in [2.45, 2.75) is 31.6 Å². The first kappa shape index (κ1) is 20.8. The molecule has 1 aliphatic heterocycles. The molecule has 148 valence electrons. The minimum absolute atomic E-state index is 0.0557. The zero-order valence-corrected chi connectivity index (χ0v) is 16.7. The SMILES string of the molecule is CCN(CC)S(=O)(=O)c1ccc(OC)c(NC(=O)C2=NN(C)C(=O)CC2)c1. The van der Waals surface area contributed by atoms with E-state index in [2.05, 4.69) is 10.4 Å². The first-order valence-corrected chi connectivity index (χ1v) is 10.0. The van der Waals surface area contributed by atoms with Crippen LogP contribution in [-0.4, -0.2) is 62.5 Å². The Morgan fingerprint density at radius 2 is 1.96 bits per heavy atom. The lowest BCUT2D eigenvalue weighted by Gasteiger charge is -2.21. The minimum Gasteiger partial charge on any atom is -0.495 e. The third-order valence-corrected chi connectivity index (χ3v) is 6.28. The molecule has 1 heterocycles. The van der Waals surface area contributed by atoms with Gasteiger partial charge in [-0.05, 0) is 18.2 Å². The molecule has 1 aromatic carbocycles. The summed E-state index contributed by atoms with van der Waals surface area (Å²) in [4.78, 5) is 24.0. The number of hydrogen-bond donors (Lipinski definition) is 1. The molecular weight excluding hydrogens is 372 g/mol. The van der Waals surface area contributed by atoms with Crippen molar-refractivity contribution in [2.75, 3.05) is 32.6 Å². The molecule has 1 aliphatic rings. The topological polar surface area (TPSA) is 108 Å². The number of nitrogens with one attached hydrogen (secondary N) is 1. The van der Waals surface area contributed by atoms with Crippen molar-refractivity contribution in [3.8, 4) is 5.75 Å². The van der Waals surface area contributed by atoms with Gasteiger partial charge in [0.05, 0.1) is 17.7 Å². The first-order chi connectivity index (χ1) is 12.7. The molecule has 0 atom stereocenters. The zero-order chi connectivity index (χ0) is 20.2. The molecule has 0 aromatic heterocycles. The largest absolute Gasteiger partial charge is 0.495 e.